The van der Waals surface area contributed by atoms with Crippen molar-refractivity contribution in [2.75, 3.05) is 10.6 Å². The average molecular weight is 336 g/mol. The predicted molar refractivity (Wildman–Crippen MR) is 99.6 cm³/mol. The van der Waals surface area contributed by atoms with E-state index < -0.39 is 0 Å². The maximum atomic E-state index is 12.9. The molecule has 0 amide bonds. The summed E-state index contributed by atoms with van der Waals surface area (Å²) in [5.41, 5.74) is 3.27. The Kier molecular flexibility index (Phi) is 5.23. The lowest BCUT2D eigenvalue weighted by Gasteiger charge is -2.10. The van der Waals surface area contributed by atoms with Crippen molar-refractivity contribution < 1.29 is 4.39 Å². The Morgan fingerprint density at radius 1 is 0.920 bits per heavy atom. The molecule has 128 valence electrons. The Labute approximate surface area is 147 Å². The quantitative estimate of drug-likeness (QED) is 0.658. The molecule has 3 aromatic rings. The van der Waals surface area contributed by atoms with Gasteiger partial charge in [-0.1, -0.05) is 38.1 Å². The maximum Gasteiger partial charge on any atom is 0.135 e. The summed E-state index contributed by atoms with van der Waals surface area (Å²) in [6.07, 6.45) is 1.51. The highest BCUT2D eigenvalue weighted by Crippen LogP contribution is 2.20. The monoisotopic (exact) mass is 336 g/mol. The molecule has 0 atom stereocenters. The van der Waals surface area contributed by atoms with Crippen LogP contribution in [0.3, 0.4) is 0 Å². The fraction of sp³-hybridized carbons (Fsp3) is 0.200. The lowest BCUT2D eigenvalue weighted by Crippen LogP contribution is -2.03. The zero-order chi connectivity index (χ0) is 17.6. The van der Waals surface area contributed by atoms with Crippen LogP contribution in [0.1, 0.15) is 30.9 Å². The molecule has 25 heavy (non-hydrogen) atoms. The van der Waals surface area contributed by atoms with Crippen LogP contribution in [0.25, 0.3) is 0 Å². The van der Waals surface area contributed by atoms with Crippen molar-refractivity contribution in [3.05, 3.63) is 77.9 Å². The lowest BCUT2D eigenvalue weighted by atomic mass is 10.0. The highest BCUT2D eigenvalue weighted by Gasteiger charge is 2.02. The minimum absolute atomic E-state index is 0.235. The molecule has 0 unspecified atom stereocenters. The van der Waals surface area contributed by atoms with E-state index in [1.807, 2.05) is 18.2 Å². The zero-order valence-corrected chi connectivity index (χ0v) is 14.3. The molecule has 0 bridgehead atoms. The van der Waals surface area contributed by atoms with Crippen molar-refractivity contribution in [2.24, 2.45) is 0 Å². The van der Waals surface area contributed by atoms with Gasteiger partial charge in [-0.3, -0.25) is 0 Å². The summed E-state index contributed by atoms with van der Waals surface area (Å²) in [5, 5.41) is 6.49. The van der Waals surface area contributed by atoms with Gasteiger partial charge in [-0.2, -0.15) is 0 Å². The van der Waals surface area contributed by atoms with Crippen LogP contribution in [0.15, 0.2) is 60.9 Å². The molecular weight excluding hydrogens is 315 g/mol. The minimum atomic E-state index is -0.235. The first-order valence-corrected chi connectivity index (χ1v) is 8.27. The summed E-state index contributed by atoms with van der Waals surface area (Å²) in [5.74, 6) is 1.70. The standard InChI is InChI=1S/C20H21FN4/c1-14(2)16-5-9-18(10-6-16)25-20-11-19(23-13-24-20)22-12-15-3-7-17(21)8-4-15/h3-11,13-14H,12H2,1-2H3,(H2,22,23,24,25). The van der Waals surface area contributed by atoms with Crippen LogP contribution in [0, 0.1) is 5.82 Å². The summed E-state index contributed by atoms with van der Waals surface area (Å²) in [7, 11) is 0. The van der Waals surface area contributed by atoms with Gasteiger partial charge >= 0.3 is 0 Å². The number of hydrogen-bond donors (Lipinski definition) is 2. The summed E-state index contributed by atoms with van der Waals surface area (Å²) in [6.45, 7) is 4.91. The first kappa shape index (κ1) is 16.9. The van der Waals surface area contributed by atoms with Crippen molar-refractivity contribution in [3.8, 4) is 0 Å². The molecule has 0 spiro atoms. The number of aromatic nitrogens is 2. The third kappa shape index (κ3) is 4.76. The van der Waals surface area contributed by atoms with E-state index in [1.165, 1.54) is 24.0 Å². The predicted octanol–water partition coefficient (Wildman–Crippen LogP) is 5.09. The number of nitrogens with one attached hydrogen (secondary N) is 2. The Bertz CT molecular complexity index is 814. The van der Waals surface area contributed by atoms with Gasteiger partial charge in [0.1, 0.15) is 23.8 Å². The van der Waals surface area contributed by atoms with Gasteiger partial charge in [0.2, 0.25) is 0 Å². The van der Waals surface area contributed by atoms with Gasteiger partial charge in [0.05, 0.1) is 0 Å². The molecule has 1 aromatic heterocycles. The molecule has 3 rings (SSSR count). The fourth-order valence-electron chi connectivity index (χ4n) is 2.42. The second kappa shape index (κ2) is 7.75. The third-order valence-electron chi connectivity index (χ3n) is 3.90. The molecule has 0 saturated heterocycles. The summed E-state index contributed by atoms with van der Waals surface area (Å²) < 4.78 is 12.9. The van der Waals surface area contributed by atoms with Crippen LogP contribution in [-0.2, 0) is 6.54 Å². The van der Waals surface area contributed by atoms with Gasteiger partial charge < -0.3 is 10.6 Å². The van der Waals surface area contributed by atoms with Gasteiger partial charge in [-0.15, -0.1) is 0 Å². The summed E-state index contributed by atoms with van der Waals surface area (Å²) in [6, 6.07) is 16.6. The van der Waals surface area contributed by atoms with Crippen LogP contribution in [0.2, 0.25) is 0 Å². The molecular formula is C20H21FN4. The lowest BCUT2D eigenvalue weighted by molar-refractivity contribution is 0.627. The second-order valence-corrected chi connectivity index (χ2v) is 6.17. The van der Waals surface area contributed by atoms with E-state index in [4.69, 9.17) is 0 Å². The summed E-state index contributed by atoms with van der Waals surface area (Å²) >= 11 is 0. The topological polar surface area (TPSA) is 49.8 Å². The normalized spacial score (nSPS) is 10.7. The first-order valence-electron chi connectivity index (χ1n) is 8.27. The summed E-state index contributed by atoms with van der Waals surface area (Å²) in [4.78, 5) is 8.46. The van der Waals surface area contributed by atoms with Crippen molar-refractivity contribution in [1.82, 2.24) is 9.97 Å². The molecule has 2 aromatic carbocycles. The molecule has 0 fully saturated rings. The molecule has 5 heteroatoms. The van der Waals surface area contributed by atoms with E-state index in [1.54, 1.807) is 12.1 Å². The smallest absolute Gasteiger partial charge is 0.135 e. The highest BCUT2D eigenvalue weighted by molar-refractivity contribution is 5.59. The molecule has 0 aliphatic heterocycles. The van der Waals surface area contributed by atoms with E-state index in [9.17, 15) is 4.39 Å². The molecule has 0 radical (unpaired) electrons. The Balaban J connectivity index is 1.63. The largest absolute Gasteiger partial charge is 0.366 e. The van der Waals surface area contributed by atoms with E-state index in [0.717, 1.165) is 11.3 Å². The number of anilines is 3. The van der Waals surface area contributed by atoms with Gasteiger partial charge in [0.25, 0.3) is 0 Å². The van der Waals surface area contributed by atoms with Crippen LogP contribution in [0.5, 0.6) is 0 Å². The number of benzene rings is 2. The van der Waals surface area contributed by atoms with Crippen LogP contribution in [0.4, 0.5) is 21.7 Å². The zero-order valence-electron chi connectivity index (χ0n) is 14.3. The van der Waals surface area contributed by atoms with E-state index in [0.29, 0.717) is 24.1 Å². The van der Waals surface area contributed by atoms with E-state index >= 15 is 0 Å². The SMILES string of the molecule is CC(C)c1ccc(Nc2cc(NCc3ccc(F)cc3)ncn2)cc1. The number of nitrogens with zero attached hydrogens (tertiary/aromatic N) is 2. The maximum absolute atomic E-state index is 12.9. The average Bonchev–Trinajstić information content (AvgIpc) is 2.62. The number of halogens is 1. The first-order chi connectivity index (χ1) is 12.1. The van der Waals surface area contributed by atoms with E-state index in [2.05, 4.69) is 46.6 Å². The fourth-order valence-corrected chi connectivity index (χ4v) is 2.42. The number of hydrogen-bond acceptors (Lipinski definition) is 4. The molecule has 4 nitrogen and oxygen atoms in total. The van der Waals surface area contributed by atoms with E-state index in [-0.39, 0.29) is 5.82 Å². The molecule has 0 aliphatic rings. The van der Waals surface area contributed by atoms with Crippen molar-refractivity contribution in [3.63, 3.8) is 0 Å². The van der Waals surface area contributed by atoms with Gasteiger partial charge in [-0.05, 0) is 41.3 Å². The molecule has 1 heterocycles. The van der Waals surface area contributed by atoms with Gasteiger partial charge in [0, 0.05) is 18.3 Å². The Hall–Kier alpha value is -2.95. The second-order valence-electron chi connectivity index (χ2n) is 6.17. The molecule has 2 N–H and O–H groups in total. The van der Waals surface area contributed by atoms with Crippen LogP contribution < -0.4 is 10.6 Å². The van der Waals surface area contributed by atoms with Gasteiger partial charge in [0.15, 0.2) is 0 Å². The van der Waals surface area contributed by atoms with Gasteiger partial charge in [-0.25, -0.2) is 14.4 Å². The van der Waals surface area contributed by atoms with Crippen LogP contribution >= 0.6 is 0 Å². The van der Waals surface area contributed by atoms with Crippen LogP contribution in [-0.4, -0.2) is 9.97 Å². The Morgan fingerprint density at radius 3 is 2.28 bits per heavy atom. The minimum Gasteiger partial charge on any atom is -0.366 e. The molecule has 0 saturated carbocycles. The van der Waals surface area contributed by atoms with Crippen molar-refractivity contribution in [2.45, 2.75) is 26.3 Å². The number of rotatable bonds is 6. The van der Waals surface area contributed by atoms with Crippen molar-refractivity contribution in [1.29, 1.82) is 0 Å². The highest BCUT2D eigenvalue weighted by atomic mass is 19.1. The van der Waals surface area contributed by atoms with Crippen molar-refractivity contribution >= 4 is 17.3 Å². The Morgan fingerprint density at radius 2 is 1.60 bits per heavy atom. The molecule has 0 aliphatic carbocycles. The third-order valence-corrected chi connectivity index (χ3v) is 3.90.